The molecule has 1 aliphatic heterocycles. The maximum Gasteiger partial charge on any atom is 0.265 e. The number of nitrogens with zero attached hydrogens (tertiary/aromatic N) is 4. The summed E-state index contributed by atoms with van der Waals surface area (Å²) < 4.78 is 20.4. The van der Waals surface area contributed by atoms with Crippen LogP contribution >= 0.6 is 11.3 Å². The predicted octanol–water partition coefficient (Wildman–Crippen LogP) is 0.898. The van der Waals surface area contributed by atoms with Gasteiger partial charge in [-0.2, -0.15) is 0 Å². The number of carbonyl (C=O) groups is 1. The van der Waals surface area contributed by atoms with Gasteiger partial charge in [0.15, 0.2) is 6.23 Å². The zero-order chi connectivity index (χ0) is 22.1. The Kier molecular flexibility index (Phi) is 6.12. The molecule has 1 aliphatic rings. The lowest BCUT2D eigenvalue weighted by Gasteiger charge is -2.44. The Morgan fingerprint density at radius 3 is 2.77 bits per heavy atom. The van der Waals surface area contributed by atoms with Gasteiger partial charge in [0.25, 0.3) is 5.91 Å². The molecular formula is C20H21FN4O5S. The summed E-state index contributed by atoms with van der Waals surface area (Å²) in [6.07, 6.45) is -3.47. The second-order valence-electron chi connectivity index (χ2n) is 7.21. The summed E-state index contributed by atoms with van der Waals surface area (Å²) in [7, 11) is 1.47. The first-order valence-electron chi connectivity index (χ1n) is 9.51. The highest BCUT2D eigenvalue weighted by Gasteiger charge is 2.48. The fraction of sp³-hybridized carbons (Fsp3) is 0.350. The van der Waals surface area contributed by atoms with Crippen LogP contribution in [0.2, 0.25) is 0 Å². The zero-order valence-electron chi connectivity index (χ0n) is 16.4. The van der Waals surface area contributed by atoms with E-state index in [9.17, 15) is 24.5 Å². The van der Waals surface area contributed by atoms with Gasteiger partial charge >= 0.3 is 0 Å². The molecule has 31 heavy (non-hydrogen) atoms. The van der Waals surface area contributed by atoms with E-state index in [2.05, 4.69) is 10.3 Å². The van der Waals surface area contributed by atoms with Crippen molar-refractivity contribution >= 4 is 17.2 Å². The minimum Gasteiger partial charge on any atom is -0.394 e. The summed E-state index contributed by atoms with van der Waals surface area (Å²) in [6, 6.07) is 8.10. The summed E-state index contributed by atoms with van der Waals surface area (Å²) in [6.45, 7) is -0.534. The molecule has 1 fully saturated rings. The lowest BCUT2D eigenvalue weighted by atomic mass is 9.95. The van der Waals surface area contributed by atoms with Crippen molar-refractivity contribution < 1.29 is 29.2 Å². The quantitative estimate of drug-likeness (QED) is 0.530. The second kappa shape index (κ2) is 8.81. The van der Waals surface area contributed by atoms with E-state index in [0.29, 0.717) is 16.1 Å². The van der Waals surface area contributed by atoms with Crippen LogP contribution in [0.5, 0.6) is 0 Å². The Bertz CT molecular complexity index is 1050. The van der Waals surface area contributed by atoms with Gasteiger partial charge in [-0.15, -0.1) is 16.4 Å². The first-order chi connectivity index (χ1) is 14.9. The summed E-state index contributed by atoms with van der Waals surface area (Å²) in [5.41, 5.74) is 0.813. The molecule has 164 valence electrons. The third kappa shape index (κ3) is 4.10. The number of hydrogen-bond acceptors (Lipinski definition) is 8. The number of hydrogen-bond donors (Lipinski definition) is 3. The number of benzene rings is 1. The van der Waals surface area contributed by atoms with Crippen molar-refractivity contribution in [3.63, 3.8) is 0 Å². The van der Waals surface area contributed by atoms with Crippen molar-refractivity contribution in [2.75, 3.05) is 13.7 Å². The number of aliphatic hydroxyl groups is 3. The summed E-state index contributed by atoms with van der Waals surface area (Å²) in [5.74, 6) is -0.808. The van der Waals surface area contributed by atoms with E-state index < -0.39 is 43.0 Å². The molecule has 4 rings (SSSR count). The van der Waals surface area contributed by atoms with Gasteiger partial charge in [-0.3, -0.25) is 4.79 Å². The standard InChI is InChI=1S/C20H21FN4O5S/c1-24(19(29)15-6-3-7-31-15)20-18(28)16(17(27)14(10-26)30-20)25-9-13(22-23-25)11-4-2-5-12(21)8-11/h2-9,14,16-18,20,26-28H,10H2,1H3/t14?,16-,17-,18?,20+/m0/s1. The molecule has 0 bridgehead atoms. The van der Waals surface area contributed by atoms with Crippen molar-refractivity contribution in [3.8, 4) is 11.3 Å². The molecule has 2 aromatic heterocycles. The van der Waals surface area contributed by atoms with E-state index in [1.807, 2.05) is 0 Å². The van der Waals surface area contributed by atoms with Crippen LogP contribution in [0, 0.1) is 5.82 Å². The molecule has 1 aromatic carbocycles. The van der Waals surface area contributed by atoms with Gasteiger partial charge in [-0.05, 0) is 23.6 Å². The molecule has 0 radical (unpaired) electrons. The van der Waals surface area contributed by atoms with Crippen molar-refractivity contribution in [1.82, 2.24) is 19.9 Å². The first-order valence-corrected chi connectivity index (χ1v) is 10.4. The van der Waals surface area contributed by atoms with Gasteiger partial charge in [0.1, 0.15) is 35.9 Å². The molecule has 3 aromatic rings. The highest BCUT2D eigenvalue weighted by Crippen LogP contribution is 2.32. The largest absolute Gasteiger partial charge is 0.394 e. The van der Waals surface area contributed by atoms with E-state index in [1.54, 1.807) is 23.6 Å². The number of likely N-dealkylation sites (N-methyl/N-ethyl adjacent to an activating group) is 1. The third-order valence-electron chi connectivity index (χ3n) is 5.24. The van der Waals surface area contributed by atoms with Crippen LogP contribution < -0.4 is 0 Å². The molecule has 5 atom stereocenters. The van der Waals surface area contributed by atoms with E-state index in [4.69, 9.17) is 4.74 Å². The van der Waals surface area contributed by atoms with E-state index >= 15 is 0 Å². The van der Waals surface area contributed by atoms with E-state index in [-0.39, 0.29) is 5.91 Å². The van der Waals surface area contributed by atoms with Crippen LogP contribution in [0.4, 0.5) is 4.39 Å². The Hall–Kier alpha value is -2.70. The molecule has 11 heteroatoms. The molecule has 3 heterocycles. The van der Waals surface area contributed by atoms with Gasteiger partial charge in [0, 0.05) is 12.6 Å². The summed E-state index contributed by atoms with van der Waals surface area (Å²) in [5, 5.41) is 41.2. The topological polar surface area (TPSA) is 121 Å². The van der Waals surface area contributed by atoms with Crippen LogP contribution in [0.1, 0.15) is 15.7 Å². The van der Waals surface area contributed by atoms with Gasteiger partial charge in [-0.1, -0.05) is 23.4 Å². The lowest BCUT2D eigenvalue weighted by Crippen LogP contribution is -2.61. The van der Waals surface area contributed by atoms with Crippen LogP contribution in [0.25, 0.3) is 11.3 Å². The monoisotopic (exact) mass is 448 g/mol. The maximum atomic E-state index is 13.6. The van der Waals surface area contributed by atoms with Gasteiger partial charge < -0.3 is 25.0 Å². The number of thiophene rings is 1. The summed E-state index contributed by atoms with van der Waals surface area (Å²) >= 11 is 1.25. The van der Waals surface area contributed by atoms with Gasteiger partial charge in [0.2, 0.25) is 0 Å². The zero-order valence-corrected chi connectivity index (χ0v) is 17.3. The van der Waals surface area contributed by atoms with E-state index in [0.717, 1.165) is 0 Å². The molecule has 9 nitrogen and oxygen atoms in total. The molecule has 2 unspecified atom stereocenters. The van der Waals surface area contributed by atoms with Crippen LogP contribution in [-0.4, -0.2) is 79.3 Å². The number of aromatic nitrogens is 3. The number of aliphatic hydroxyl groups excluding tert-OH is 3. The van der Waals surface area contributed by atoms with Crippen molar-refractivity contribution in [1.29, 1.82) is 0 Å². The van der Waals surface area contributed by atoms with Gasteiger partial charge in [0.05, 0.1) is 17.7 Å². The predicted molar refractivity (Wildman–Crippen MR) is 109 cm³/mol. The highest BCUT2D eigenvalue weighted by atomic mass is 32.1. The number of halogens is 1. The molecule has 0 aliphatic carbocycles. The average Bonchev–Trinajstić information content (AvgIpc) is 3.46. The smallest absolute Gasteiger partial charge is 0.265 e. The first kappa shape index (κ1) is 21.5. The maximum absolute atomic E-state index is 13.6. The minimum absolute atomic E-state index is 0.338. The molecule has 3 N–H and O–H groups in total. The van der Waals surface area contributed by atoms with Crippen molar-refractivity contribution in [3.05, 3.63) is 58.7 Å². The van der Waals surface area contributed by atoms with Crippen molar-refractivity contribution in [2.24, 2.45) is 0 Å². The Morgan fingerprint density at radius 1 is 1.29 bits per heavy atom. The van der Waals surface area contributed by atoms with E-state index in [1.165, 1.54) is 52.4 Å². The Balaban J connectivity index is 1.64. The van der Waals surface area contributed by atoms with Gasteiger partial charge in [-0.25, -0.2) is 9.07 Å². The molecule has 1 amide bonds. The lowest BCUT2D eigenvalue weighted by molar-refractivity contribution is -0.235. The fourth-order valence-electron chi connectivity index (χ4n) is 3.61. The highest BCUT2D eigenvalue weighted by molar-refractivity contribution is 7.12. The van der Waals surface area contributed by atoms with Crippen LogP contribution in [0.15, 0.2) is 48.0 Å². The SMILES string of the molecule is CN(C(=O)c1cccs1)[C@@H]1OC(CO)[C@H](O)[C@H](n2cc(-c3cccc(F)c3)nn2)C1O. The Labute approximate surface area is 180 Å². The Morgan fingerprint density at radius 2 is 2.10 bits per heavy atom. The number of carbonyl (C=O) groups excluding carboxylic acids is 1. The van der Waals surface area contributed by atoms with Crippen LogP contribution in [0.3, 0.4) is 0 Å². The van der Waals surface area contributed by atoms with Crippen LogP contribution in [-0.2, 0) is 4.74 Å². The number of ether oxygens (including phenoxy) is 1. The summed E-state index contributed by atoms with van der Waals surface area (Å²) in [4.78, 5) is 14.4. The number of rotatable bonds is 5. The minimum atomic E-state index is -1.38. The molecule has 0 saturated carbocycles. The van der Waals surface area contributed by atoms with Crippen molar-refractivity contribution in [2.45, 2.75) is 30.6 Å². The normalized spacial score (nSPS) is 26.0. The fourth-order valence-corrected chi connectivity index (χ4v) is 4.31. The molecular weight excluding hydrogens is 427 g/mol. The molecule has 0 spiro atoms. The molecule has 1 saturated heterocycles. The average molecular weight is 448 g/mol. The number of amides is 1. The third-order valence-corrected chi connectivity index (χ3v) is 6.10. The second-order valence-corrected chi connectivity index (χ2v) is 8.15.